The molecule has 0 fully saturated rings. The minimum atomic E-state index is -0.574. The Morgan fingerprint density at radius 1 is 0.805 bits per heavy atom. The number of ether oxygens (including phenoxy) is 4. The van der Waals surface area contributed by atoms with E-state index in [0.29, 0.717) is 63.0 Å². The fourth-order valence-electron chi connectivity index (χ4n) is 4.44. The van der Waals surface area contributed by atoms with Crippen LogP contribution in [0.25, 0.3) is 28.4 Å². The Hall–Kier alpha value is -5.30. The molecular formula is C34H28O7. The van der Waals surface area contributed by atoms with Crippen molar-refractivity contribution < 1.29 is 33.0 Å². The highest BCUT2D eigenvalue weighted by Gasteiger charge is 2.24. The Balaban J connectivity index is 1.44. The molecule has 0 aliphatic rings. The molecule has 0 radical (unpaired) electrons. The first-order chi connectivity index (χ1) is 20.0. The van der Waals surface area contributed by atoms with Gasteiger partial charge in [0.25, 0.3) is 0 Å². The van der Waals surface area contributed by atoms with Crippen molar-refractivity contribution in [2.45, 2.75) is 6.92 Å². The standard InChI is InChI=1S/C34H28O7/c1-4-39-25-15-18-31-28(21-25)32(33(41-31)23-10-6-5-7-11-23)34(36)40-26-12-8-9-22(19-26)13-16-29(35)27-20-24(37-2)14-17-30(27)38-3/h5-21H,4H2,1-3H3/b16-13+. The van der Waals surface area contributed by atoms with Gasteiger partial charge in [-0.25, -0.2) is 4.79 Å². The molecule has 206 valence electrons. The summed E-state index contributed by atoms with van der Waals surface area (Å²) in [6, 6.07) is 26.7. The number of methoxy groups -OCH3 is 2. The van der Waals surface area contributed by atoms with Gasteiger partial charge in [-0.15, -0.1) is 0 Å². The van der Waals surface area contributed by atoms with Gasteiger partial charge in [0.05, 0.1) is 26.4 Å². The Kier molecular flexibility index (Phi) is 8.15. The number of rotatable bonds is 10. The van der Waals surface area contributed by atoms with Crippen molar-refractivity contribution in [2.24, 2.45) is 0 Å². The molecule has 1 aromatic heterocycles. The molecule has 0 atom stereocenters. The van der Waals surface area contributed by atoms with Crippen LogP contribution < -0.4 is 18.9 Å². The average molecular weight is 549 g/mol. The van der Waals surface area contributed by atoms with Crippen molar-refractivity contribution in [3.05, 3.63) is 114 Å². The van der Waals surface area contributed by atoms with Gasteiger partial charge in [-0.05, 0) is 67.1 Å². The monoisotopic (exact) mass is 548 g/mol. The molecule has 0 N–H and O–H groups in total. The highest BCUT2D eigenvalue weighted by Crippen LogP contribution is 2.36. The molecule has 0 bridgehead atoms. The number of ketones is 1. The van der Waals surface area contributed by atoms with Crippen LogP contribution >= 0.6 is 0 Å². The summed E-state index contributed by atoms with van der Waals surface area (Å²) in [5, 5.41) is 0.591. The smallest absolute Gasteiger partial charge is 0.348 e. The van der Waals surface area contributed by atoms with Crippen LogP contribution in [0.3, 0.4) is 0 Å². The van der Waals surface area contributed by atoms with Gasteiger partial charge in [0, 0.05) is 10.9 Å². The van der Waals surface area contributed by atoms with E-state index in [-0.39, 0.29) is 5.78 Å². The molecule has 7 nitrogen and oxygen atoms in total. The number of benzene rings is 4. The summed E-state index contributed by atoms with van der Waals surface area (Å²) < 4.78 is 28.2. The Morgan fingerprint density at radius 2 is 1.61 bits per heavy atom. The van der Waals surface area contributed by atoms with Crippen molar-refractivity contribution >= 4 is 28.8 Å². The second-order valence-electron chi connectivity index (χ2n) is 8.99. The van der Waals surface area contributed by atoms with E-state index in [0.717, 1.165) is 5.56 Å². The number of esters is 1. The van der Waals surface area contributed by atoms with Crippen LogP contribution in [-0.4, -0.2) is 32.6 Å². The van der Waals surface area contributed by atoms with Crippen molar-refractivity contribution in [2.75, 3.05) is 20.8 Å². The maximum absolute atomic E-state index is 13.6. The fourth-order valence-corrected chi connectivity index (χ4v) is 4.44. The quantitative estimate of drug-likeness (QED) is 0.0768. The second-order valence-corrected chi connectivity index (χ2v) is 8.99. The number of carbonyl (C=O) groups is 2. The molecule has 5 aromatic rings. The third-order valence-electron chi connectivity index (χ3n) is 6.38. The van der Waals surface area contributed by atoms with E-state index >= 15 is 0 Å². The molecule has 0 aliphatic carbocycles. The molecule has 0 unspecified atom stereocenters. The Labute approximate surface area is 237 Å². The molecular weight excluding hydrogens is 520 g/mol. The lowest BCUT2D eigenvalue weighted by molar-refractivity contribution is 0.0736. The number of allylic oxidation sites excluding steroid dienone is 1. The molecule has 1 heterocycles. The fraction of sp³-hybridized carbons (Fsp3) is 0.118. The number of hydrogen-bond acceptors (Lipinski definition) is 7. The molecule has 0 aliphatic heterocycles. The van der Waals surface area contributed by atoms with Gasteiger partial charge in [-0.3, -0.25) is 4.79 Å². The van der Waals surface area contributed by atoms with Crippen LogP contribution in [0.1, 0.15) is 33.2 Å². The molecule has 0 amide bonds. The van der Waals surface area contributed by atoms with E-state index in [1.165, 1.54) is 20.3 Å². The van der Waals surface area contributed by atoms with Crippen LogP contribution in [0, 0.1) is 0 Å². The van der Waals surface area contributed by atoms with Crippen molar-refractivity contribution in [1.29, 1.82) is 0 Å². The van der Waals surface area contributed by atoms with E-state index < -0.39 is 5.97 Å². The minimum Gasteiger partial charge on any atom is -0.497 e. The lowest BCUT2D eigenvalue weighted by atomic mass is 10.1. The van der Waals surface area contributed by atoms with Gasteiger partial charge < -0.3 is 23.4 Å². The van der Waals surface area contributed by atoms with Gasteiger partial charge in [0.2, 0.25) is 0 Å². The van der Waals surface area contributed by atoms with Gasteiger partial charge in [0.15, 0.2) is 5.78 Å². The first-order valence-corrected chi connectivity index (χ1v) is 13.0. The number of hydrogen-bond donors (Lipinski definition) is 0. The molecule has 4 aromatic carbocycles. The summed E-state index contributed by atoms with van der Waals surface area (Å²) in [5.41, 5.74) is 2.63. The summed E-state index contributed by atoms with van der Waals surface area (Å²) in [6.45, 7) is 2.38. The molecule has 0 spiro atoms. The number of carbonyl (C=O) groups excluding carboxylic acids is 2. The maximum Gasteiger partial charge on any atom is 0.348 e. The van der Waals surface area contributed by atoms with Gasteiger partial charge in [-0.1, -0.05) is 48.5 Å². The SMILES string of the molecule is CCOc1ccc2oc(-c3ccccc3)c(C(=O)Oc3cccc(/C=C/C(=O)c4cc(OC)ccc4OC)c3)c2c1. The van der Waals surface area contributed by atoms with Crippen molar-refractivity contribution in [3.63, 3.8) is 0 Å². The van der Waals surface area contributed by atoms with E-state index in [4.69, 9.17) is 23.4 Å². The topological polar surface area (TPSA) is 84.2 Å². The predicted octanol–water partition coefficient (Wildman–Crippen LogP) is 7.63. The summed E-state index contributed by atoms with van der Waals surface area (Å²) in [7, 11) is 3.04. The molecule has 5 rings (SSSR count). The van der Waals surface area contributed by atoms with E-state index in [1.54, 1.807) is 66.7 Å². The van der Waals surface area contributed by atoms with E-state index in [9.17, 15) is 9.59 Å². The highest BCUT2D eigenvalue weighted by molar-refractivity contribution is 6.10. The lowest BCUT2D eigenvalue weighted by Gasteiger charge is -2.08. The zero-order valence-electron chi connectivity index (χ0n) is 22.9. The van der Waals surface area contributed by atoms with E-state index in [1.807, 2.05) is 37.3 Å². The largest absolute Gasteiger partial charge is 0.497 e. The Morgan fingerprint density at radius 3 is 2.37 bits per heavy atom. The van der Waals surface area contributed by atoms with Gasteiger partial charge in [0.1, 0.15) is 39.9 Å². The first kappa shape index (κ1) is 27.3. The number of furan rings is 1. The molecule has 0 saturated carbocycles. The lowest BCUT2D eigenvalue weighted by Crippen LogP contribution is -2.09. The van der Waals surface area contributed by atoms with Gasteiger partial charge >= 0.3 is 5.97 Å². The van der Waals surface area contributed by atoms with Crippen LogP contribution in [0.4, 0.5) is 0 Å². The molecule has 0 saturated heterocycles. The van der Waals surface area contributed by atoms with Crippen LogP contribution in [0.2, 0.25) is 0 Å². The van der Waals surface area contributed by atoms with Crippen LogP contribution in [-0.2, 0) is 0 Å². The summed E-state index contributed by atoms with van der Waals surface area (Å²) in [4.78, 5) is 26.6. The Bertz CT molecular complexity index is 1730. The van der Waals surface area contributed by atoms with Gasteiger partial charge in [-0.2, -0.15) is 0 Å². The predicted molar refractivity (Wildman–Crippen MR) is 157 cm³/mol. The third-order valence-corrected chi connectivity index (χ3v) is 6.38. The normalized spacial score (nSPS) is 11.0. The average Bonchev–Trinajstić information content (AvgIpc) is 3.39. The summed E-state index contributed by atoms with van der Waals surface area (Å²) in [6.07, 6.45) is 3.08. The summed E-state index contributed by atoms with van der Waals surface area (Å²) in [5.74, 6) is 1.51. The molecule has 7 heteroatoms. The number of fused-ring (bicyclic) bond motifs is 1. The van der Waals surface area contributed by atoms with Crippen LogP contribution in [0.15, 0.2) is 101 Å². The van der Waals surface area contributed by atoms with Crippen molar-refractivity contribution in [3.8, 4) is 34.3 Å². The zero-order chi connectivity index (χ0) is 28.8. The highest BCUT2D eigenvalue weighted by atomic mass is 16.5. The second kappa shape index (κ2) is 12.3. The van der Waals surface area contributed by atoms with Crippen molar-refractivity contribution in [1.82, 2.24) is 0 Å². The van der Waals surface area contributed by atoms with E-state index in [2.05, 4.69) is 0 Å². The minimum absolute atomic E-state index is 0.259. The first-order valence-electron chi connectivity index (χ1n) is 13.0. The molecule has 41 heavy (non-hydrogen) atoms. The zero-order valence-corrected chi connectivity index (χ0v) is 22.9. The third kappa shape index (κ3) is 5.99. The maximum atomic E-state index is 13.6. The van der Waals surface area contributed by atoms with Crippen LogP contribution in [0.5, 0.6) is 23.0 Å². The summed E-state index contributed by atoms with van der Waals surface area (Å²) >= 11 is 0.